The van der Waals surface area contributed by atoms with Crippen LogP contribution in [0.1, 0.15) is 179 Å². The fraction of sp³-hybridized carbons (Fsp3) is 0.580. The minimum Gasteiger partial charge on any atom is -1.00 e. The van der Waals surface area contributed by atoms with Gasteiger partial charge in [0.25, 0.3) is 0 Å². The summed E-state index contributed by atoms with van der Waals surface area (Å²) in [4.78, 5) is 2.66. The Morgan fingerprint density at radius 3 is 1.21 bits per heavy atom. The Bertz CT molecular complexity index is 1170. The van der Waals surface area contributed by atoms with Gasteiger partial charge in [-0.15, -0.1) is 0 Å². The maximum absolute atomic E-state index is 2.66. The predicted octanol–water partition coefficient (Wildman–Crippen LogP) is 12.1. The van der Waals surface area contributed by atoms with Crippen molar-refractivity contribution in [3.05, 3.63) is 109 Å². The van der Waals surface area contributed by atoms with E-state index in [2.05, 4.69) is 140 Å². The number of allylic oxidation sites excluding steroid dienone is 8. The molecule has 0 aliphatic rings. The summed E-state index contributed by atoms with van der Waals surface area (Å²) in [5.41, 5.74) is 3.88. The molecule has 1 aromatic heterocycles. The third-order valence-electron chi connectivity index (χ3n) is 9.99. The smallest absolute Gasteiger partial charge is 0.169 e. The summed E-state index contributed by atoms with van der Waals surface area (Å²) in [6, 6.07) is 13.6. The number of hydrogen-bond acceptors (Lipinski definition) is 1. The lowest BCUT2D eigenvalue weighted by atomic mass is 10.1. The van der Waals surface area contributed by atoms with E-state index in [-0.39, 0.29) is 24.0 Å². The van der Waals surface area contributed by atoms with Crippen LogP contribution >= 0.6 is 0 Å². The molecule has 2 rings (SSSR count). The van der Waals surface area contributed by atoms with Gasteiger partial charge in [0.15, 0.2) is 12.4 Å². The topological polar surface area (TPSA) is 7.12 Å². The molecule has 0 unspecified atom stereocenters. The van der Waals surface area contributed by atoms with Crippen LogP contribution in [-0.2, 0) is 7.05 Å². The highest BCUT2D eigenvalue weighted by atomic mass is 127. The third-order valence-corrected chi connectivity index (χ3v) is 9.99. The maximum Gasteiger partial charge on any atom is 0.169 e. The number of aryl methyl sites for hydroxylation is 1. The Morgan fingerprint density at radius 1 is 0.434 bits per heavy atom. The lowest BCUT2D eigenvalue weighted by molar-refractivity contribution is -0.671. The second kappa shape index (κ2) is 36.6. The fourth-order valence-electron chi connectivity index (χ4n) is 6.56. The van der Waals surface area contributed by atoms with Crippen LogP contribution in [0, 0.1) is 0 Å². The Balaban J connectivity index is 0.0000140. The fourth-order valence-corrected chi connectivity index (χ4v) is 6.56. The number of halogens is 1. The average Bonchev–Trinajstić information content (AvgIpc) is 3.16. The molecule has 3 heteroatoms. The van der Waals surface area contributed by atoms with E-state index in [1.807, 2.05) is 0 Å². The van der Waals surface area contributed by atoms with Crippen molar-refractivity contribution in [1.82, 2.24) is 0 Å². The van der Waals surface area contributed by atoms with E-state index in [0.717, 1.165) is 12.8 Å². The van der Waals surface area contributed by atoms with Crippen molar-refractivity contribution >= 4 is 17.8 Å². The molecule has 296 valence electrons. The van der Waals surface area contributed by atoms with Crippen molar-refractivity contribution in [2.24, 2.45) is 7.05 Å². The predicted molar refractivity (Wildman–Crippen MR) is 234 cm³/mol. The van der Waals surface area contributed by atoms with Crippen molar-refractivity contribution in [1.29, 1.82) is 0 Å². The van der Waals surface area contributed by atoms with Gasteiger partial charge in [-0.25, -0.2) is 4.57 Å². The van der Waals surface area contributed by atoms with E-state index in [0.29, 0.717) is 0 Å². The molecule has 53 heavy (non-hydrogen) atoms. The van der Waals surface area contributed by atoms with Crippen LogP contribution in [0.15, 0.2) is 97.4 Å². The summed E-state index contributed by atoms with van der Waals surface area (Å²) in [5, 5.41) is 0. The molecule has 0 fully saturated rings. The molecule has 2 aromatic rings. The second-order valence-electron chi connectivity index (χ2n) is 14.9. The van der Waals surface area contributed by atoms with Crippen LogP contribution in [0.2, 0.25) is 0 Å². The van der Waals surface area contributed by atoms with Crippen LogP contribution in [-0.4, -0.2) is 13.1 Å². The summed E-state index contributed by atoms with van der Waals surface area (Å²) < 4.78 is 2.07. The van der Waals surface area contributed by atoms with Gasteiger partial charge in [-0.1, -0.05) is 164 Å². The van der Waals surface area contributed by atoms with Crippen LogP contribution in [0.25, 0.3) is 12.2 Å². The van der Waals surface area contributed by atoms with Gasteiger partial charge >= 0.3 is 0 Å². The minimum atomic E-state index is 0. The highest BCUT2D eigenvalue weighted by Gasteiger charge is 2.07. The molecular formula is C50H79IN2. The minimum absolute atomic E-state index is 0. The lowest BCUT2D eigenvalue weighted by Gasteiger charge is -2.25. The molecule has 0 N–H and O–H groups in total. The zero-order valence-corrected chi connectivity index (χ0v) is 36.7. The zero-order chi connectivity index (χ0) is 37.0. The van der Waals surface area contributed by atoms with Crippen LogP contribution in [0.5, 0.6) is 0 Å². The van der Waals surface area contributed by atoms with Gasteiger partial charge < -0.3 is 28.9 Å². The van der Waals surface area contributed by atoms with Gasteiger partial charge in [0.2, 0.25) is 0 Å². The highest BCUT2D eigenvalue weighted by molar-refractivity contribution is 5.70. The standard InChI is InChI=1S/C50H79N2.HI/c1-4-6-8-10-12-14-16-18-20-22-24-26-28-30-32-34-44-52(50-40-38-48(39-41-50)36-37-49-42-46-51(3)47-43-49)45-35-33-31-29-27-25-23-21-19-17-15-13-11-9-7-5-2;/h12-15,18-21,36-43,46-47H,4-11,16-17,22-35,44-45H2,1-3H3;1H/q+1;/p-1/b14-12-,15-13-,20-18-,21-19-;. The van der Waals surface area contributed by atoms with Crippen LogP contribution in [0.3, 0.4) is 0 Å². The first-order valence-electron chi connectivity index (χ1n) is 21.8. The molecule has 0 spiro atoms. The molecule has 0 bridgehead atoms. The maximum atomic E-state index is 2.66. The molecule has 0 atom stereocenters. The number of rotatable bonds is 33. The Kier molecular flexibility index (Phi) is 33.5. The summed E-state index contributed by atoms with van der Waals surface area (Å²) in [6.45, 7) is 6.89. The molecule has 0 radical (unpaired) electrons. The molecule has 1 heterocycles. The second-order valence-corrected chi connectivity index (χ2v) is 14.9. The van der Waals surface area contributed by atoms with Crippen molar-refractivity contribution in [3.8, 4) is 0 Å². The van der Waals surface area contributed by atoms with Crippen LogP contribution < -0.4 is 33.4 Å². The first-order valence-corrected chi connectivity index (χ1v) is 21.8. The lowest BCUT2D eigenvalue weighted by Crippen LogP contribution is -3.00. The van der Waals surface area contributed by atoms with Crippen molar-refractivity contribution < 1.29 is 28.5 Å². The van der Waals surface area contributed by atoms with E-state index < -0.39 is 0 Å². The summed E-state index contributed by atoms with van der Waals surface area (Å²) >= 11 is 0. The van der Waals surface area contributed by atoms with Gasteiger partial charge in [-0.2, -0.15) is 0 Å². The molecule has 0 aliphatic carbocycles. The molecule has 0 saturated carbocycles. The molecule has 0 amide bonds. The summed E-state index contributed by atoms with van der Waals surface area (Å²) in [6.07, 6.45) is 58.8. The van der Waals surface area contributed by atoms with E-state index in [9.17, 15) is 0 Å². The Morgan fingerprint density at radius 2 is 0.792 bits per heavy atom. The number of benzene rings is 1. The molecular weight excluding hydrogens is 755 g/mol. The first-order chi connectivity index (χ1) is 25.7. The monoisotopic (exact) mass is 835 g/mol. The number of unbranched alkanes of at least 4 members (excludes halogenated alkanes) is 18. The van der Waals surface area contributed by atoms with E-state index in [1.165, 1.54) is 171 Å². The largest absolute Gasteiger partial charge is 1.00 e. The number of aromatic nitrogens is 1. The van der Waals surface area contributed by atoms with E-state index in [1.54, 1.807) is 0 Å². The normalized spacial score (nSPS) is 12.0. The number of nitrogens with zero attached hydrogens (tertiary/aromatic N) is 2. The van der Waals surface area contributed by atoms with Crippen LogP contribution in [0.4, 0.5) is 5.69 Å². The number of anilines is 1. The number of hydrogen-bond donors (Lipinski definition) is 0. The Labute approximate surface area is 346 Å². The van der Waals surface area contributed by atoms with Gasteiger partial charge in [0.1, 0.15) is 7.05 Å². The zero-order valence-electron chi connectivity index (χ0n) is 34.5. The molecule has 2 nitrogen and oxygen atoms in total. The average molecular weight is 835 g/mol. The van der Waals surface area contributed by atoms with E-state index in [4.69, 9.17) is 0 Å². The third kappa shape index (κ3) is 28.7. The van der Waals surface area contributed by atoms with Crippen molar-refractivity contribution in [3.63, 3.8) is 0 Å². The number of pyridine rings is 1. The molecule has 1 aromatic carbocycles. The molecule has 0 saturated heterocycles. The highest BCUT2D eigenvalue weighted by Crippen LogP contribution is 2.20. The van der Waals surface area contributed by atoms with Crippen molar-refractivity contribution in [2.75, 3.05) is 18.0 Å². The van der Waals surface area contributed by atoms with Gasteiger partial charge in [0.05, 0.1) is 0 Å². The molecule has 0 aliphatic heterocycles. The SMILES string of the molecule is CCCCC/C=C\C/C=C\CCCCCCCCN(CCCCCCCC/C=C\C/C=C\CCCCC)c1ccc(/C=C/c2cc[n+](C)cc2)cc1.[I-]. The first kappa shape index (κ1) is 48.6. The van der Waals surface area contributed by atoms with Gasteiger partial charge in [-0.3, -0.25) is 0 Å². The summed E-state index contributed by atoms with van der Waals surface area (Å²) in [7, 11) is 2.06. The van der Waals surface area contributed by atoms with E-state index >= 15 is 0 Å². The van der Waals surface area contributed by atoms with Gasteiger partial charge in [0, 0.05) is 30.9 Å². The summed E-state index contributed by atoms with van der Waals surface area (Å²) in [5.74, 6) is 0. The Hall–Kier alpha value is -2.40. The quantitative estimate of drug-likeness (QED) is 0.0301. The van der Waals surface area contributed by atoms with Gasteiger partial charge in [-0.05, 0) is 100 Å². The van der Waals surface area contributed by atoms with Crippen molar-refractivity contribution in [2.45, 2.75) is 168 Å².